The van der Waals surface area contributed by atoms with E-state index in [9.17, 15) is 9.66 Å². The summed E-state index contributed by atoms with van der Waals surface area (Å²) in [5.41, 5.74) is 6.32. The van der Waals surface area contributed by atoms with Crippen molar-refractivity contribution in [2.45, 2.75) is 77.4 Å². The molecule has 0 radical (unpaired) electrons. The summed E-state index contributed by atoms with van der Waals surface area (Å²) in [7, 11) is 2.13. The van der Waals surface area contributed by atoms with Crippen LogP contribution in [0.3, 0.4) is 0 Å². The lowest BCUT2D eigenvalue weighted by molar-refractivity contribution is 0.414. The van der Waals surface area contributed by atoms with Crippen LogP contribution in [0.4, 0.5) is 0 Å². The lowest BCUT2D eigenvalue weighted by Crippen LogP contribution is -2.18. The highest BCUT2D eigenvalue weighted by atomic mass is 32.3. The van der Waals surface area contributed by atoms with Gasteiger partial charge in [-0.05, 0) is 82.6 Å². The minimum Gasteiger partial charge on any atom is -0.508 e. The Balaban J connectivity index is 0.000000261. The second-order valence-electron chi connectivity index (χ2n) is 13.4. The lowest BCUT2D eigenvalue weighted by Gasteiger charge is -2.27. The van der Waals surface area contributed by atoms with Crippen molar-refractivity contribution in [2.75, 3.05) is 26.7 Å². The van der Waals surface area contributed by atoms with Crippen molar-refractivity contribution >= 4 is 10.3 Å². The van der Waals surface area contributed by atoms with Gasteiger partial charge in [-0.1, -0.05) is 116 Å². The van der Waals surface area contributed by atoms with Gasteiger partial charge in [-0.25, -0.2) is 0 Å². The van der Waals surface area contributed by atoms with E-state index in [1.54, 1.807) is 26.4 Å². The Morgan fingerprint density at radius 3 is 1.04 bits per heavy atom. The van der Waals surface area contributed by atoms with Crippen LogP contribution in [0.25, 0.3) is 0 Å². The van der Waals surface area contributed by atoms with Crippen LogP contribution in [0.1, 0.15) is 89.1 Å². The molecule has 0 saturated heterocycles. The van der Waals surface area contributed by atoms with Crippen molar-refractivity contribution in [1.29, 1.82) is 0 Å². The van der Waals surface area contributed by atoms with Gasteiger partial charge in [-0.2, -0.15) is 0 Å². The molecule has 4 rings (SSSR count). The van der Waals surface area contributed by atoms with Gasteiger partial charge in [0.15, 0.2) is 0 Å². The third-order valence-electron chi connectivity index (χ3n) is 8.67. The molecule has 4 aromatic carbocycles. The minimum absolute atomic E-state index is 0.00177. The first-order valence-electron chi connectivity index (χ1n) is 15.6. The molecular formula is C40H56O4S. The second-order valence-corrected chi connectivity index (χ2v) is 17.1. The molecule has 0 bridgehead atoms. The molecule has 0 aliphatic carbocycles. The molecule has 45 heavy (non-hydrogen) atoms. The maximum atomic E-state index is 9.34. The number of benzene rings is 4. The van der Waals surface area contributed by atoms with E-state index in [-0.39, 0.29) is 10.8 Å². The summed E-state index contributed by atoms with van der Waals surface area (Å²) in [6, 6.07) is 32.8. The predicted molar refractivity (Wildman–Crippen MR) is 196 cm³/mol. The molecule has 0 unspecified atom stereocenters. The van der Waals surface area contributed by atoms with Crippen LogP contribution < -0.4 is 9.47 Å². The van der Waals surface area contributed by atoms with Gasteiger partial charge in [-0.3, -0.25) is 0 Å². The largest absolute Gasteiger partial charge is 0.508 e. The molecule has 4 nitrogen and oxygen atoms in total. The van der Waals surface area contributed by atoms with Gasteiger partial charge in [0.1, 0.15) is 17.2 Å². The molecule has 0 aromatic heterocycles. The Bertz CT molecular complexity index is 1410. The van der Waals surface area contributed by atoms with E-state index in [1.165, 1.54) is 27.8 Å². The number of hydrogen-bond donors (Lipinski definition) is 2. The van der Waals surface area contributed by atoms with E-state index in [0.717, 1.165) is 11.5 Å². The van der Waals surface area contributed by atoms with Crippen molar-refractivity contribution in [2.24, 2.45) is 0 Å². The van der Waals surface area contributed by atoms with Gasteiger partial charge < -0.3 is 19.1 Å². The van der Waals surface area contributed by atoms with Crippen LogP contribution in [0, 0.1) is 0 Å². The third-order valence-corrected chi connectivity index (χ3v) is 11.0. The molecule has 0 amide bonds. The number of phenolic OH excluding ortho intramolecular Hbond substituents is 1. The van der Waals surface area contributed by atoms with E-state index in [4.69, 9.17) is 9.47 Å². The van der Waals surface area contributed by atoms with Crippen LogP contribution in [-0.2, 0) is 10.8 Å². The SMILES string of the molecule is CC(C)S(C)(C)O.COc1ccc(C(C)(C)c2ccc(C(C)C)cc2)cc1.COc1ccc(C(C)(C)c2ccc(O)cc2)cc1. The topological polar surface area (TPSA) is 58.9 Å². The second kappa shape index (κ2) is 16.2. The average Bonchev–Trinajstić information content (AvgIpc) is 3.01. The first-order chi connectivity index (χ1) is 20.9. The predicted octanol–water partition coefficient (Wildman–Crippen LogP) is 10.8. The monoisotopic (exact) mass is 632 g/mol. The molecule has 0 fully saturated rings. The fourth-order valence-electron chi connectivity index (χ4n) is 4.51. The molecule has 0 saturated carbocycles. The van der Waals surface area contributed by atoms with Gasteiger partial charge in [-0.15, -0.1) is 10.3 Å². The maximum absolute atomic E-state index is 9.34. The van der Waals surface area contributed by atoms with Crippen molar-refractivity contribution < 1.29 is 19.1 Å². The molecular weight excluding hydrogens is 577 g/mol. The van der Waals surface area contributed by atoms with E-state index in [2.05, 4.69) is 90.1 Å². The summed E-state index contributed by atoms with van der Waals surface area (Å²) in [6.45, 7) is 17.4. The summed E-state index contributed by atoms with van der Waals surface area (Å²) in [4.78, 5) is 0. The molecule has 246 valence electrons. The first kappa shape index (κ1) is 37.8. The maximum Gasteiger partial charge on any atom is 0.118 e. The van der Waals surface area contributed by atoms with E-state index in [1.807, 2.05) is 62.8 Å². The molecule has 0 aliphatic heterocycles. The van der Waals surface area contributed by atoms with E-state index in [0.29, 0.717) is 16.9 Å². The van der Waals surface area contributed by atoms with Crippen molar-refractivity contribution in [3.8, 4) is 17.2 Å². The number of ether oxygens (including phenoxy) is 2. The molecule has 5 heteroatoms. The minimum atomic E-state index is -1.24. The van der Waals surface area contributed by atoms with Crippen molar-refractivity contribution in [3.63, 3.8) is 0 Å². The average molecular weight is 633 g/mol. The highest BCUT2D eigenvalue weighted by Crippen LogP contribution is 2.39. The Labute approximate surface area is 275 Å². The molecule has 4 aromatic rings. The summed E-state index contributed by atoms with van der Waals surface area (Å²) < 4.78 is 19.6. The van der Waals surface area contributed by atoms with Crippen LogP contribution >= 0.6 is 10.3 Å². The zero-order valence-corrected chi connectivity index (χ0v) is 30.3. The van der Waals surface area contributed by atoms with E-state index < -0.39 is 10.3 Å². The normalized spacial score (nSPS) is 12.1. The van der Waals surface area contributed by atoms with Gasteiger partial charge in [0, 0.05) is 16.1 Å². The van der Waals surface area contributed by atoms with Gasteiger partial charge in [0.05, 0.1) is 14.2 Å². The standard InChI is InChI=1S/C19H24O.C16H18O2.C5H14OS/c1-14(2)15-6-8-16(9-7-15)19(3,4)17-10-12-18(20-5)13-11-17;1-16(2,12-4-8-14(17)9-5-12)13-6-10-15(18-3)11-7-13;1-5(2)7(3,4)6/h6-14H,1-5H3;4-11,17H,1-3H3;5-6H,1-4H3. The molecule has 0 spiro atoms. The summed E-state index contributed by atoms with van der Waals surface area (Å²) in [6.07, 6.45) is 3.80. The number of methoxy groups -OCH3 is 2. The Morgan fingerprint density at radius 1 is 0.533 bits per heavy atom. The molecule has 0 atom stereocenters. The summed E-state index contributed by atoms with van der Waals surface area (Å²) >= 11 is 0. The smallest absolute Gasteiger partial charge is 0.118 e. The highest BCUT2D eigenvalue weighted by molar-refractivity contribution is 8.28. The first-order valence-corrected chi connectivity index (χ1v) is 18.0. The Morgan fingerprint density at radius 2 is 0.800 bits per heavy atom. The summed E-state index contributed by atoms with van der Waals surface area (Å²) in [5, 5.41) is 9.78. The molecule has 0 heterocycles. The summed E-state index contributed by atoms with van der Waals surface area (Å²) in [5.74, 6) is 2.64. The molecule has 0 aliphatic rings. The number of rotatable bonds is 8. The zero-order valence-electron chi connectivity index (χ0n) is 29.5. The van der Waals surface area contributed by atoms with E-state index >= 15 is 0 Å². The van der Waals surface area contributed by atoms with Gasteiger partial charge in [0.25, 0.3) is 0 Å². The van der Waals surface area contributed by atoms with Crippen LogP contribution in [0.15, 0.2) is 97.1 Å². The highest BCUT2D eigenvalue weighted by Gasteiger charge is 2.24. The van der Waals surface area contributed by atoms with Crippen LogP contribution in [0.5, 0.6) is 17.2 Å². The third kappa shape index (κ3) is 10.9. The lowest BCUT2D eigenvalue weighted by atomic mass is 9.77. The fraction of sp³-hybridized carbons (Fsp3) is 0.400. The van der Waals surface area contributed by atoms with Gasteiger partial charge in [0.2, 0.25) is 0 Å². The fourth-order valence-corrected chi connectivity index (χ4v) is 4.51. The van der Waals surface area contributed by atoms with Gasteiger partial charge >= 0.3 is 0 Å². The van der Waals surface area contributed by atoms with Crippen molar-refractivity contribution in [3.05, 3.63) is 125 Å². The van der Waals surface area contributed by atoms with Crippen LogP contribution in [-0.4, -0.2) is 41.6 Å². The number of phenols is 1. The Kier molecular flexibility index (Phi) is 13.6. The van der Waals surface area contributed by atoms with Crippen molar-refractivity contribution in [1.82, 2.24) is 0 Å². The number of hydrogen-bond acceptors (Lipinski definition) is 4. The number of aromatic hydroxyl groups is 1. The Hall–Kier alpha value is -3.41. The quantitative estimate of drug-likeness (QED) is 0.203. The molecule has 2 N–H and O–H groups in total. The van der Waals surface area contributed by atoms with Crippen LogP contribution in [0.2, 0.25) is 0 Å². The zero-order chi connectivity index (χ0) is 34.0.